The fourth-order valence-electron chi connectivity index (χ4n) is 1.19. The molecule has 0 aliphatic heterocycles. The molecular weight excluding hydrogens is 188 g/mol. The quantitative estimate of drug-likeness (QED) is 0.662. The van der Waals surface area contributed by atoms with E-state index in [1.165, 1.54) is 14.0 Å². The molecule has 0 aliphatic rings. The topological polar surface area (TPSA) is 87.0 Å². The molecule has 0 fully saturated rings. The van der Waals surface area contributed by atoms with Gasteiger partial charge in [-0.25, -0.2) is 4.79 Å². The van der Waals surface area contributed by atoms with Gasteiger partial charge in [-0.3, -0.25) is 0 Å². The maximum atomic E-state index is 10.7. The van der Waals surface area contributed by atoms with Crippen molar-refractivity contribution in [2.24, 2.45) is 0 Å². The van der Waals surface area contributed by atoms with Gasteiger partial charge in [0.15, 0.2) is 0 Å². The molecule has 0 radical (unpaired) electrons. The van der Waals surface area contributed by atoms with Crippen molar-refractivity contribution in [1.82, 2.24) is 0 Å². The van der Waals surface area contributed by atoms with Gasteiger partial charge in [0.1, 0.15) is 22.8 Å². The summed E-state index contributed by atoms with van der Waals surface area (Å²) in [6.07, 6.45) is 0. The molecule has 0 spiro atoms. The number of aromatic hydroxyl groups is 2. The van der Waals surface area contributed by atoms with Gasteiger partial charge in [0.25, 0.3) is 0 Å². The van der Waals surface area contributed by atoms with Crippen LogP contribution in [0.1, 0.15) is 15.9 Å². The predicted molar refractivity (Wildman–Crippen MR) is 48.0 cm³/mol. The lowest BCUT2D eigenvalue weighted by molar-refractivity contribution is 0.0689. The molecule has 0 unspecified atom stereocenters. The zero-order valence-electron chi connectivity index (χ0n) is 7.74. The van der Waals surface area contributed by atoms with E-state index in [0.717, 1.165) is 6.07 Å². The van der Waals surface area contributed by atoms with Crippen LogP contribution in [0.15, 0.2) is 6.07 Å². The number of hydrogen-bond acceptors (Lipinski definition) is 4. The number of rotatable bonds is 2. The molecule has 0 aliphatic carbocycles. The van der Waals surface area contributed by atoms with Crippen LogP contribution in [-0.4, -0.2) is 28.4 Å². The Kier molecular flexibility index (Phi) is 2.51. The summed E-state index contributed by atoms with van der Waals surface area (Å²) in [5.74, 6) is -2.06. The second-order valence-corrected chi connectivity index (χ2v) is 2.75. The molecule has 0 saturated heterocycles. The molecule has 14 heavy (non-hydrogen) atoms. The molecule has 76 valence electrons. The lowest BCUT2D eigenvalue weighted by Crippen LogP contribution is -2.02. The molecule has 1 aromatic carbocycles. The fourth-order valence-corrected chi connectivity index (χ4v) is 1.19. The van der Waals surface area contributed by atoms with Gasteiger partial charge >= 0.3 is 5.97 Å². The normalized spacial score (nSPS) is 9.86. The summed E-state index contributed by atoms with van der Waals surface area (Å²) < 4.78 is 4.80. The number of phenols is 2. The molecule has 1 rings (SSSR count). The molecule has 0 aromatic heterocycles. The number of aromatic carboxylic acids is 1. The van der Waals surface area contributed by atoms with Gasteiger partial charge in [-0.2, -0.15) is 0 Å². The third kappa shape index (κ3) is 1.44. The molecule has 3 N–H and O–H groups in total. The van der Waals surface area contributed by atoms with E-state index < -0.39 is 11.7 Å². The highest BCUT2D eigenvalue weighted by Gasteiger charge is 2.20. The van der Waals surface area contributed by atoms with Gasteiger partial charge in [0.05, 0.1) is 7.11 Å². The largest absolute Gasteiger partial charge is 0.507 e. The SMILES string of the molecule is COc1c(C)c(O)cc(O)c1C(=O)O. The third-order valence-electron chi connectivity index (χ3n) is 1.90. The van der Waals surface area contributed by atoms with E-state index in [-0.39, 0.29) is 22.6 Å². The maximum absolute atomic E-state index is 10.7. The van der Waals surface area contributed by atoms with Crippen LogP contribution in [0, 0.1) is 6.92 Å². The Labute approximate surface area is 80.2 Å². The third-order valence-corrected chi connectivity index (χ3v) is 1.90. The van der Waals surface area contributed by atoms with Crippen molar-refractivity contribution >= 4 is 5.97 Å². The first kappa shape index (κ1) is 10.2. The monoisotopic (exact) mass is 198 g/mol. The highest BCUT2D eigenvalue weighted by molar-refractivity contribution is 5.95. The number of carboxylic acid groups (broad SMARTS) is 1. The van der Waals surface area contributed by atoms with Crippen LogP contribution >= 0.6 is 0 Å². The average molecular weight is 198 g/mol. The summed E-state index contributed by atoms with van der Waals surface area (Å²) in [6.45, 7) is 1.50. The molecule has 0 amide bonds. The minimum absolute atomic E-state index is 0.0324. The number of hydrogen-bond donors (Lipinski definition) is 3. The number of methoxy groups -OCH3 is 1. The Morgan fingerprint density at radius 2 is 1.93 bits per heavy atom. The van der Waals surface area contributed by atoms with Gasteiger partial charge in [0, 0.05) is 11.6 Å². The average Bonchev–Trinajstić information content (AvgIpc) is 2.09. The Morgan fingerprint density at radius 3 is 2.36 bits per heavy atom. The number of carboxylic acids is 1. The summed E-state index contributed by atoms with van der Waals surface area (Å²) in [4.78, 5) is 10.7. The zero-order chi connectivity index (χ0) is 10.9. The molecule has 0 bridgehead atoms. The minimum Gasteiger partial charge on any atom is -0.507 e. The maximum Gasteiger partial charge on any atom is 0.343 e. The lowest BCUT2D eigenvalue weighted by Gasteiger charge is -2.11. The fraction of sp³-hybridized carbons (Fsp3) is 0.222. The zero-order valence-corrected chi connectivity index (χ0v) is 7.74. The van der Waals surface area contributed by atoms with E-state index >= 15 is 0 Å². The Balaban J connectivity index is 3.55. The van der Waals surface area contributed by atoms with Gasteiger partial charge in [0.2, 0.25) is 0 Å². The lowest BCUT2D eigenvalue weighted by atomic mass is 10.1. The van der Waals surface area contributed by atoms with Gasteiger partial charge in [-0.05, 0) is 6.92 Å². The van der Waals surface area contributed by atoms with Gasteiger partial charge < -0.3 is 20.1 Å². The molecule has 0 heterocycles. The van der Waals surface area contributed by atoms with Crippen LogP contribution in [0.4, 0.5) is 0 Å². The van der Waals surface area contributed by atoms with E-state index in [4.69, 9.17) is 9.84 Å². The number of ether oxygens (including phenoxy) is 1. The highest BCUT2D eigenvalue weighted by atomic mass is 16.5. The van der Waals surface area contributed by atoms with Crippen molar-refractivity contribution in [2.45, 2.75) is 6.92 Å². The molecular formula is C9H10O5. The Bertz CT molecular complexity index is 383. The first-order valence-corrected chi connectivity index (χ1v) is 3.81. The second kappa shape index (κ2) is 3.45. The number of benzene rings is 1. The summed E-state index contributed by atoms with van der Waals surface area (Å²) in [5.41, 5.74) is -0.0644. The van der Waals surface area contributed by atoms with Crippen LogP contribution in [0.5, 0.6) is 17.2 Å². The van der Waals surface area contributed by atoms with Crippen molar-refractivity contribution in [2.75, 3.05) is 7.11 Å². The Hall–Kier alpha value is -1.91. The molecule has 5 heteroatoms. The van der Waals surface area contributed by atoms with E-state index in [1.54, 1.807) is 0 Å². The predicted octanol–water partition coefficient (Wildman–Crippen LogP) is 1.11. The van der Waals surface area contributed by atoms with Crippen molar-refractivity contribution < 1.29 is 24.9 Å². The van der Waals surface area contributed by atoms with E-state index in [1.807, 2.05) is 0 Å². The summed E-state index contributed by atoms with van der Waals surface area (Å²) in [6, 6.07) is 0.974. The van der Waals surface area contributed by atoms with Crippen molar-refractivity contribution in [3.05, 3.63) is 17.2 Å². The van der Waals surface area contributed by atoms with Crippen molar-refractivity contribution in [3.63, 3.8) is 0 Å². The van der Waals surface area contributed by atoms with Crippen molar-refractivity contribution in [1.29, 1.82) is 0 Å². The van der Waals surface area contributed by atoms with Gasteiger partial charge in [-0.15, -0.1) is 0 Å². The van der Waals surface area contributed by atoms with Crippen molar-refractivity contribution in [3.8, 4) is 17.2 Å². The summed E-state index contributed by atoms with van der Waals surface area (Å²) in [7, 11) is 1.27. The molecule has 0 atom stereocenters. The van der Waals surface area contributed by atoms with E-state index in [9.17, 15) is 15.0 Å². The number of carbonyl (C=O) groups is 1. The summed E-state index contributed by atoms with van der Waals surface area (Å²) >= 11 is 0. The van der Waals surface area contributed by atoms with Gasteiger partial charge in [-0.1, -0.05) is 0 Å². The second-order valence-electron chi connectivity index (χ2n) is 2.75. The summed E-state index contributed by atoms with van der Waals surface area (Å²) in [5, 5.41) is 27.3. The minimum atomic E-state index is -1.30. The Morgan fingerprint density at radius 1 is 1.36 bits per heavy atom. The molecule has 1 aromatic rings. The number of phenolic OH excluding ortho intramolecular Hbond substituents is 1. The van der Waals surface area contributed by atoms with Crippen LogP contribution in [0.25, 0.3) is 0 Å². The van der Waals surface area contributed by atoms with Crippen LogP contribution < -0.4 is 4.74 Å². The van der Waals surface area contributed by atoms with E-state index in [2.05, 4.69) is 0 Å². The van der Waals surface area contributed by atoms with E-state index in [0.29, 0.717) is 0 Å². The first-order chi connectivity index (χ1) is 6.49. The first-order valence-electron chi connectivity index (χ1n) is 3.81. The highest BCUT2D eigenvalue weighted by Crippen LogP contribution is 2.37. The molecule has 5 nitrogen and oxygen atoms in total. The standard InChI is InChI=1S/C9H10O5/c1-4-5(10)3-6(11)7(9(12)13)8(4)14-2/h3,10-11H,1-2H3,(H,12,13). The van der Waals surface area contributed by atoms with Crippen LogP contribution in [-0.2, 0) is 0 Å². The smallest absolute Gasteiger partial charge is 0.343 e. The molecule has 0 saturated carbocycles. The van der Waals surface area contributed by atoms with Crippen LogP contribution in [0.2, 0.25) is 0 Å². The van der Waals surface area contributed by atoms with Crippen LogP contribution in [0.3, 0.4) is 0 Å².